The van der Waals surface area contributed by atoms with E-state index in [0.717, 1.165) is 64.9 Å². The van der Waals surface area contributed by atoms with Crippen LogP contribution in [0.5, 0.6) is 0 Å². The van der Waals surface area contributed by atoms with E-state index < -0.39 is 0 Å². The van der Waals surface area contributed by atoms with Gasteiger partial charge in [-0.15, -0.1) is 0 Å². The van der Waals surface area contributed by atoms with Crippen LogP contribution in [-0.2, 0) is 0 Å². The van der Waals surface area contributed by atoms with Gasteiger partial charge in [0.1, 0.15) is 0 Å². The van der Waals surface area contributed by atoms with Crippen molar-refractivity contribution in [3.63, 3.8) is 0 Å². The molecule has 0 spiro atoms. The van der Waals surface area contributed by atoms with E-state index in [2.05, 4.69) is 12.1 Å². The number of benzene rings is 7. The van der Waals surface area contributed by atoms with E-state index in [-0.39, 0.29) is 11.1 Å². The van der Waals surface area contributed by atoms with Crippen molar-refractivity contribution in [3.05, 3.63) is 118 Å². The third-order valence-electron chi connectivity index (χ3n) is 10.6. The molecular weight excluding hydrogens is 624 g/mol. The third kappa shape index (κ3) is 2.70. The second-order valence-corrected chi connectivity index (χ2v) is 13.0. The van der Waals surface area contributed by atoms with Crippen LogP contribution in [0.1, 0.15) is 0 Å². The normalized spacial score (nSPS) is 13.0. The molecule has 0 amide bonds. The van der Waals surface area contributed by atoms with Crippen LogP contribution in [0.25, 0.3) is 121 Å². The first kappa shape index (κ1) is 24.9. The maximum Gasteiger partial charge on any atom is 0.266 e. The van der Waals surface area contributed by atoms with E-state index in [1.807, 2.05) is 84.9 Å². The summed E-state index contributed by atoms with van der Waals surface area (Å²) in [7, 11) is 0. The van der Waals surface area contributed by atoms with E-state index in [1.165, 1.54) is 0 Å². The van der Waals surface area contributed by atoms with Gasteiger partial charge in [-0.05, 0) is 80.8 Å². The minimum atomic E-state index is -0.182. The lowest BCUT2D eigenvalue weighted by atomic mass is 9.86. The van der Waals surface area contributed by atoms with Crippen molar-refractivity contribution in [1.82, 2.24) is 38.7 Å². The summed E-state index contributed by atoms with van der Waals surface area (Å²) >= 11 is 0. The first-order chi connectivity index (χ1) is 24.6. The molecular formula is C40H16N8O2. The van der Waals surface area contributed by atoms with Crippen LogP contribution in [0.4, 0.5) is 0 Å². The number of hydrogen-bond acceptors (Lipinski definition) is 8. The van der Waals surface area contributed by atoms with Gasteiger partial charge in [-0.25, -0.2) is 38.7 Å². The molecule has 0 aliphatic heterocycles. The smallest absolute Gasteiger partial charge is 0.266 e. The van der Waals surface area contributed by atoms with Crippen LogP contribution >= 0.6 is 0 Å². The number of aromatic nitrogens is 8. The Morgan fingerprint density at radius 2 is 0.640 bits per heavy atom. The van der Waals surface area contributed by atoms with Gasteiger partial charge >= 0.3 is 0 Å². The maximum atomic E-state index is 14.3. The van der Waals surface area contributed by atoms with Crippen molar-refractivity contribution in [1.29, 1.82) is 0 Å². The number of nitrogens with zero attached hydrogens (tertiary/aromatic N) is 8. The van der Waals surface area contributed by atoms with Gasteiger partial charge in [-0.1, -0.05) is 48.5 Å². The van der Waals surface area contributed by atoms with Crippen LogP contribution in [0.2, 0.25) is 0 Å². The topological polar surface area (TPSA) is 120 Å². The van der Waals surface area contributed by atoms with E-state index in [0.29, 0.717) is 55.7 Å². The summed E-state index contributed by atoms with van der Waals surface area (Å²) < 4.78 is 3.20. The Labute approximate surface area is 276 Å². The SMILES string of the molecule is O=c1c2ccc3c4ccc5c6c(ccc(c7ccc(c2c37)c2nc3nc7ccccc7nc3n12)c46)c(=O)n1c2nc3ccccc3nc2nc51. The van der Waals surface area contributed by atoms with Crippen LogP contribution in [-0.4, -0.2) is 38.7 Å². The Bertz CT molecular complexity index is 3560. The van der Waals surface area contributed by atoms with E-state index in [4.69, 9.17) is 29.9 Å². The van der Waals surface area contributed by atoms with Crippen molar-refractivity contribution in [3.8, 4) is 0 Å². The zero-order valence-corrected chi connectivity index (χ0v) is 25.6. The Hall–Kier alpha value is -7.20. The monoisotopic (exact) mass is 640 g/mol. The quantitative estimate of drug-likeness (QED) is 0.127. The van der Waals surface area contributed by atoms with Gasteiger partial charge in [0.25, 0.3) is 11.1 Å². The number of pyridine rings is 2. The first-order valence-electron chi connectivity index (χ1n) is 16.2. The standard InChI is InChI=1S/C40H16N8O2/c49-39-23-15-11-19-18-10-14-22-32-24(40(50)48-36(22)46-34-38(48)44-28-8-4-2-6-26(28)42-34)16-12-20(30(18)32)17-9-13-21(31(23)29(17)19)35-45-33-37(47(35)39)43-27-7-3-1-5-25(27)41-33/h1-16H. The van der Waals surface area contributed by atoms with Gasteiger partial charge in [0, 0.05) is 32.3 Å². The van der Waals surface area contributed by atoms with Gasteiger partial charge < -0.3 is 0 Å². The van der Waals surface area contributed by atoms with Crippen molar-refractivity contribution in [2.75, 3.05) is 0 Å². The molecule has 0 atom stereocenters. The predicted molar refractivity (Wildman–Crippen MR) is 196 cm³/mol. The molecule has 10 heteroatoms. The molecule has 10 nitrogen and oxygen atoms in total. The van der Waals surface area contributed by atoms with Gasteiger partial charge in [-0.2, -0.15) is 0 Å². The van der Waals surface area contributed by atoms with Gasteiger partial charge in [0.05, 0.1) is 22.1 Å². The fourth-order valence-corrected chi connectivity index (χ4v) is 8.52. The molecule has 0 aliphatic carbocycles. The molecule has 228 valence electrons. The molecule has 0 fully saturated rings. The van der Waals surface area contributed by atoms with E-state index in [1.54, 1.807) is 8.80 Å². The Balaban J connectivity index is 1.20. The minimum absolute atomic E-state index is 0.182. The summed E-state index contributed by atoms with van der Waals surface area (Å²) in [5.41, 5.74) is 5.33. The lowest BCUT2D eigenvalue weighted by Crippen LogP contribution is -2.14. The summed E-state index contributed by atoms with van der Waals surface area (Å²) in [6, 6.07) is 31.4. The van der Waals surface area contributed by atoms with Gasteiger partial charge in [0.2, 0.25) is 0 Å². The number of para-hydroxylation sites is 4. The van der Waals surface area contributed by atoms with Crippen LogP contribution in [0.15, 0.2) is 107 Å². The minimum Gasteiger partial charge on any atom is -0.268 e. The molecule has 13 aromatic rings. The number of imidazole rings is 2. The first-order valence-corrected chi connectivity index (χ1v) is 16.2. The molecule has 13 rings (SSSR count). The zero-order valence-electron chi connectivity index (χ0n) is 25.6. The molecule has 0 saturated carbocycles. The fourth-order valence-electron chi connectivity index (χ4n) is 8.52. The van der Waals surface area contributed by atoms with Crippen molar-refractivity contribution in [2.24, 2.45) is 0 Å². The number of fused-ring (bicyclic) bond motifs is 12. The van der Waals surface area contributed by atoms with Crippen LogP contribution in [0.3, 0.4) is 0 Å². The third-order valence-corrected chi connectivity index (χ3v) is 10.6. The molecule has 0 bridgehead atoms. The highest BCUT2D eigenvalue weighted by Gasteiger charge is 2.25. The molecule has 6 aromatic heterocycles. The van der Waals surface area contributed by atoms with Gasteiger partial charge in [0.15, 0.2) is 33.9 Å². The summed E-state index contributed by atoms with van der Waals surface area (Å²) in [6.07, 6.45) is 0. The highest BCUT2D eigenvalue weighted by Crippen LogP contribution is 2.45. The van der Waals surface area contributed by atoms with E-state index >= 15 is 0 Å². The van der Waals surface area contributed by atoms with Crippen molar-refractivity contribution < 1.29 is 0 Å². The summed E-state index contributed by atoms with van der Waals surface area (Å²) in [4.78, 5) is 57.5. The molecule has 0 aliphatic rings. The maximum absolute atomic E-state index is 14.3. The highest BCUT2D eigenvalue weighted by molar-refractivity contribution is 6.40. The average molecular weight is 641 g/mol. The molecule has 0 unspecified atom stereocenters. The molecule has 6 heterocycles. The fraction of sp³-hybridized carbons (Fsp3) is 0. The van der Waals surface area contributed by atoms with Crippen LogP contribution in [0, 0.1) is 0 Å². The molecule has 0 radical (unpaired) electrons. The second-order valence-electron chi connectivity index (χ2n) is 13.0. The van der Waals surface area contributed by atoms with Crippen molar-refractivity contribution in [2.45, 2.75) is 0 Å². The van der Waals surface area contributed by atoms with Crippen molar-refractivity contribution >= 4 is 121 Å². The average Bonchev–Trinajstić information content (AvgIpc) is 3.72. The molecule has 7 aromatic carbocycles. The second kappa shape index (κ2) is 8.08. The largest absolute Gasteiger partial charge is 0.268 e. The van der Waals surface area contributed by atoms with Crippen LogP contribution < -0.4 is 11.1 Å². The van der Waals surface area contributed by atoms with E-state index in [9.17, 15) is 9.59 Å². The lowest BCUT2D eigenvalue weighted by Gasteiger charge is -2.18. The predicted octanol–water partition coefficient (Wildman–Crippen LogP) is 7.13. The Morgan fingerprint density at radius 3 is 1.04 bits per heavy atom. The number of hydrogen-bond donors (Lipinski definition) is 0. The summed E-state index contributed by atoms with van der Waals surface area (Å²) in [5, 5.41) is 10.6. The molecule has 50 heavy (non-hydrogen) atoms. The highest BCUT2D eigenvalue weighted by atomic mass is 16.1. The summed E-state index contributed by atoms with van der Waals surface area (Å²) in [5.74, 6) is 0. The number of rotatable bonds is 0. The molecule has 0 saturated heterocycles. The lowest BCUT2D eigenvalue weighted by molar-refractivity contribution is 1.16. The summed E-state index contributed by atoms with van der Waals surface area (Å²) in [6.45, 7) is 0. The molecule has 0 N–H and O–H groups in total. The Morgan fingerprint density at radius 1 is 0.320 bits per heavy atom. The zero-order chi connectivity index (χ0) is 32.6. The Kier molecular flexibility index (Phi) is 4.02. The van der Waals surface area contributed by atoms with Gasteiger partial charge in [-0.3, -0.25) is 9.59 Å².